The first-order chi connectivity index (χ1) is 6.06. The zero-order valence-electron chi connectivity index (χ0n) is 6.73. The molecule has 0 spiro atoms. The van der Waals surface area contributed by atoms with E-state index in [4.69, 9.17) is 23.1 Å². The van der Waals surface area contributed by atoms with E-state index in [0.29, 0.717) is 5.56 Å². The zero-order valence-corrected chi connectivity index (χ0v) is 7.48. The highest BCUT2D eigenvalue weighted by Gasteiger charge is 2.12. The third-order valence-electron chi connectivity index (χ3n) is 1.69. The maximum atomic E-state index is 12.9. The van der Waals surface area contributed by atoms with Gasteiger partial charge in [0.2, 0.25) is 0 Å². The Balaban J connectivity index is 3.13. The van der Waals surface area contributed by atoms with Crippen molar-refractivity contribution in [2.75, 3.05) is 6.54 Å². The molecule has 0 bridgehead atoms. The van der Waals surface area contributed by atoms with Gasteiger partial charge < -0.3 is 11.5 Å². The first-order valence-corrected chi connectivity index (χ1v) is 4.04. The second kappa shape index (κ2) is 4.00. The van der Waals surface area contributed by atoms with Crippen molar-refractivity contribution in [2.45, 2.75) is 6.04 Å². The van der Waals surface area contributed by atoms with E-state index in [1.807, 2.05) is 0 Å². The van der Waals surface area contributed by atoms with Gasteiger partial charge in [-0.2, -0.15) is 0 Å². The molecular weight excluding hydrogens is 198 g/mol. The summed E-state index contributed by atoms with van der Waals surface area (Å²) in [4.78, 5) is 0. The standard InChI is InChI=1S/C8H9ClF2N2/c9-8-5(10)1-4(2-6(8)11)7(13)3-12/h1-2,7H,3,12-13H2/t7-/m0/s1. The highest BCUT2D eigenvalue weighted by Crippen LogP contribution is 2.22. The van der Waals surface area contributed by atoms with Gasteiger partial charge in [-0.15, -0.1) is 0 Å². The molecule has 1 aromatic carbocycles. The van der Waals surface area contributed by atoms with Gasteiger partial charge in [-0.1, -0.05) is 11.6 Å². The Labute approximate surface area is 79.5 Å². The van der Waals surface area contributed by atoms with Gasteiger partial charge in [-0.3, -0.25) is 0 Å². The minimum Gasteiger partial charge on any atom is -0.329 e. The van der Waals surface area contributed by atoms with Crippen molar-refractivity contribution in [3.63, 3.8) is 0 Å². The molecule has 72 valence electrons. The summed E-state index contributed by atoms with van der Waals surface area (Å²) in [6, 6.07) is 1.60. The summed E-state index contributed by atoms with van der Waals surface area (Å²) in [5.74, 6) is -1.64. The molecule has 0 radical (unpaired) electrons. The Kier molecular flexibility index (Phi) is 3.19. The first kappa shape index (κ1) is 10.4. The highest BCUT2D eigenvalue weighted by atomic mass is 35.5. The maximum absolute atomic E-state index is 12.9. The molecule has 5 heteroatoms. The molecule has 1 rings (SSSR count). The van der Waals surface area contributed by atoms with Crippen molar-refractivity contribution >= 4 is 11.6 Å². The predicted molar refractivity (Wildman–Crippen MR) is 47.4 cm³/mol. The van der Waals surface area contributed by atoms with Crippen molar-refractivity contribution in [3.8, 4) is 0 Å². The van der Waals surface area contributed by atoms with Crippen LogP contribution in [0.4, 0.5) is 8.78 Å². The van der Waals surface area contributed by atoms with Crippen LogP contribution in [0, 0.1) is 11.6 Å². The summed E-state index contributed by atoms with van der Waals surface area (Å²) in [5, 5.41) is -0.520. The largest absolute Gasteiger partial charge is 0.329 e. The van der Waals surface area contributed by atoms with Crippen molar-refractivity contribution in [1.82, 2.24) is 0 Å². The first-order valence-electron chi connectivity index (χ1n) is 3.66. The molecule has 1 atom stereocenters. The van der Waals surface area contributed by atoms with E-state index < -0.39 is 22.7 Å². The van der Waals surface area contributed by atoms with Crippen LogP contribution in [0.1, 0.15) is 11.6 Å². The van der Waals surface area contributed by atoms with Crippen molar-refractivity contribution in [3.05, 3.63) is 34.4 Å². The van der Waals surface area contributed by atoms with Crippen LogP contribution in [0.3, 0.4) is 0 Å². The summed E-state index contributed by atoms with van der Waals surface area (Å²) < 4.78 is 25.7. The van der Waals surface area contributed by atoms with Crippen LogP contribution < -0.4 is 11.5 Å². The SMILES string of the molecule is NC[C@H](N)c1cc(F)c(Cl)c(F)c1. The van der Waals surface area contributed by atoms with E-state index in [1.165, 1.54) is 0 Å². The average molecular weight is 207 g/mol. The van der Waals surface area contributed by atoms with Gasteiger partial charge in [-0.05, 0) is 17.7 Å². The van der Waals surface area contributed by atoms with Gasteiger partial charge >= 0.3 is 0 Å². The van der Waals surface area contributed by atoms with Crippen molar-refractivity contribution in [1.29, 1.82) is 0 Å². The number of halogens is 3. The number of hydrogen-bond acceptors (Lipinski definition) is 2. The third-order valence-corrected chi connectivity index (χ3v) is 2.05. The summed E-state index contributed by atoms with van der Waals surface area (Å²) in [6.07, 6.45) is 0. The van der Waals surface area contributed by atoms with Gasteiger partial charge in [0.25, 0.3) is 0 Å². The second-order valence-corrected chi connectivity index (χ2v) is 3.02. The lowest BCUT2D eigenvalue weighted by atomic mass is 10.1. The van der Waals surface area contributed by atoms with Crippen molar-refractivity contribution < 1.29 is 8.78 Å². The second-order valence-electron chi connectivity index (χ2n) is 2.64. The fourth-order valence-corrected chi connectivity index (χ4v) is 1.03. The smallest absolute Gasteiger partial charge is 0.145 e. The molecule has 0 aromatic heterocycles. The molecule has 2 nitrogen and oxygen atoms in total. The molecular formula is C8H9ClF2N2. The molecule has 0 fully saturated rings. The summed E-state index contributed by atoms with van der Waals surface area (Å²) in [6.45, 7) is 0.126. The van der Waals surface area contributed by atoms with Crippen LogP contribution in [0.15, 0.2) is 12.1 Å². The maximum Gasteiger partial charge on any atom is 0.145 e. The van der Waals surface area contributed by atoms with Crippen LogP contribution in [-0.2, 0) is 0 Å². The number of hydrogen-bond donors (Lipinski definition) is 2. The fraction of sp³-hybridized carbons (Fsp3) is 0.250. The molecule has 0 saturated carbocycles. The summed E-state index contributed by atoms with van der Waals surface area (Å²) >= 11 is 5.28. The summed E-state index contributed by atoms with van der Waals surface area (Å²) in [5.41, 5.74) is 11.0. The lowest BCUT2D eigenvalue weighted by molar-refractivity contribution is 0.574. The van der Waals surface area contributed by atoms with Gasteiger partial charge in [0.1, 0.15) is 16.7 Å². The quantitative estimate of drug-likeness (QED) is 0.722. The van der Waals surface area contributed by atoms with Crippen LogP contribution in [-0.4, -0.2) is 6.54 Å². The normalized spacial score (nSPS) is 13.0. The van der Waals surface area contributed by atoms with E-state index in [2.05, 4.69) is 0 Å². The average Bonchev–Trinajstić information content (AvgIpc) is 2.12. The van der Waals surface area contributed by atoms with Gasteiger partial charge in [0.15, 0.2) is 0 Å². The Morgan fingerprint density at radius 2 is 1.77 bits per heavy atom. The Morgan fingerprint density at radius 1 is 1.31 bits per heavy atom. The molecule has 1 aromatic rings. The summed E-state index contributed by atoms with van der Waals surface area (Å²) in [7, 11) is 0. The zero-order chi connectivity index (χ0) is 10.0. The van der Waals surface area contributed by atoms with E-state index in [0.717, 1.165) is 12.1 Å². The van der Waals surface area contributed by atoms with Gasteiger partial charge in [0.05, 0.1) is 0 Å². The van der Waals surface area contributed by atoms with E-state index in [1.54, 1.807) is 0 Å². The topological polar surface area (TPSA) is 52.0 Å². The Bertz CT molecular complexity index is 294. The van der Waals surface area contributed by atoms with Crippen LogP contribution in [0.5, 0.6) is 0 Å². The Morgan fingerprint density at radius 3 is 2.15 bits per heavy atom. The molecule has 0 aliphatic carbocycles. The van der Waals surface area contributed by atoms with Gasteiger partial charge in [0, 0.05) is 12.6 Å². The third kappa shape index (κ3) is 2.15. The van der Waals surface area contributed by atoms with Crippen LogP contribution >= 0.6 is 11.6 Å². The molecule has 0 aliphatic rings. The van der Waals surface area contributed by atoms with E-state index >= 15 is 0 Å². The fourth-order valence-electron chi connectivity index (χ4n) is 0.925. The minimum atomic E-state index is -0.819. The van der Waals surface area contributed by atoms with Gasteiger partial charge in [-0.25, -0.2) is 8.78 Å². The lowest BCUT2D eigenvalue weighted by Gasteiger charge is -2.09. The molecule has 13 heavy (non-hydrogen) atoms. The molecule has 0 unspecified atom stereocenters. The molecule has 4 N–H and O–H groups in total. The highest BCUT2D eigenvalue weighted by molar-refractivity contribution is 6.30. The molecule has 0 heterocycles. The predicted octanol–water partition coefficient (Wildman–Crippen LogP) is 1.58. The minimum absolute atomic E-state index is 0.126. The molecule has 0 amide bonds. The molecule has 0 saturated heterocycles. The number of rotatable bonds is 2. The van der Waals surface area contributed by atoms with Crippen LogP contribution in [0.2, 0.25) is 5.02 Å². The number of nitrogens with two attached hydrogens (primary N) is 2. The van der Waals surface area contributed by atoms with Crippen molar-refractivity contribution in [2.24, 2.45) is 11.5 Å². The molecule has 0 aliphatic heterocycles. The van der Waals surface area contributed by atoms with E-state index in [9.17, 15) is 8.78 Å². The lowest BCUT2D eigenvalue weighted by Crippen LogP contribution is -2.21. The van der Waals surface area contributed by atoms with Crippen LogP contribution in [0.25, 0.3) is 0 Å². The Hall–Kier alpha value is -0.710. The number of benzene rings is 1. The monoisotopic (exact) mass is 206 g/mol. The van der Waals surface area contributed by atoms with E-state index in [-0.39, 0.29) is 6.54 Å².